The molecule has 0 spiro atoms. The van der Waals surface area contributed by atoms with E-state index in [4.69, 9.17) is 4.74 Å². The van der Waals surface area contributed by atoms with Crippen LogP contribution in [0.15, 0.2) is 97.1 Å². The summed E-state index contributed by atoms with van der Waals surface area (Å²) in [5.74, 6) is -0.236. The average molecular weight is 452 g/mol. The summed E-state index contributed by atoms with van der Waals surface area (Å²) in [5.41, 5.74) is 3.36. The average Bonchev–Trinajstić information content (AvgIpc) is 2.89. The summed E-state index contributed by atoms with van der Waals surface area (Å²) in [4.78, 5) is 14.2. The molecule has 0 aromatic heterocycles. The first kappa shape index (κ1) is 22.2. The van der Waals surface area contributed by atoms with E-state index in [2.05, 4.69) is 65.6 Å². The van der Waals surface area contributed by atoms with Crippen LogP contribution in [0.3, 0.4) is 0 Å². The Morgan fingerprint density at radius 1 is 0.882 bits per heavy atom. The highest BCUT2D eigenvalue weighted by Gasteiger charge is 2.33. The molecule has 0 amide bonds. The molecule has 4 aromatic carbocycles. The van der Waals surface area contributed by atoms with Gasteiger partial charge in [-0.25, -0.2) is 0 Å². The predicted octanol–water partition coefficient (Wildman–Crippen LogP) is 6.30. The number of hydrogen-bond donors (Lipinski definition) is 1. The summed E-state index contributed by atoms with van der Waals surface area (Å²) in [6.07, 6.45) is 1.59. The van der Waals surface area contributed by atoms with Gasteiger partial charge in [-0.3, -0.25) is 9.69 Å². The largest absolute Gasteiger partial charge is 0.489 e. The molecule has 5 rings (SSSR count). The first-order chi connectivity index (χ1) is 16.7. The third-order valence-electron chi connectivity index (χ3n) is 6.74. The van der Waals surface area contributed by atoms with Gasteiger partial charge in [0.25, 0.3) is 0 Å². The molecule has 1 aliphatic rings. The summed E-state index contributed by atoms with van der Waals surface area (Å²) in [5, 5.41) is 12.1. The van der Waals surface area contributed by atoms with Crippen molar-refractivity contribution < 1.29 is 14.6 Å². The molecule has 4 aromatic rings. The Balaban J connectivity index is 1.59. The fraction of sp³-hybridized carbons (Fsp3) is 0.233. The number of fused-ring (bicyclic) bond motifs is 1. The van der Waals surface area contributed by atoms with E-state index in [1.165, 1.54) is 16.3 Å². The Morgan fingerprint density at radius 2 is 1.59 bits per heavy atom. The minimum atomic E-state index is -0.713. The number of para-hydroxylation sites is 1. The molecule has 0 bridgehead atoms. The van der Waals surface area contributed by atoms with Gasteiger partial charge in [-0.15, -0.1) is 0 Å². The topological polar surface area (TPSA) is 49.8 Å². The molecule has 1 heterocycles. The monoisotopic (exact) mass is 451 g/mol. The van der Waals surface area contributed by atoms with Gasteiger partial charge in [-0.1, -0.05) is 91.0 Å². The number of ether oxygens (including phenoxy) is 1. The zero-order valence-corrected chi connectivity index (χ0v) is 19.1. The normalized spacial score (nSPS) is 17.4. The molecule has 1 aliphatic heterocycles. The fourth-order valence-electron chi connectivity index (χ4n) is 5.07. The lowest BCUT2D eigenvalue weighted by atomic mass is 9.88. The number of hydrogen-bond acceptors (Lipinski definition) is 3. The Hall–Kier alpha value is -3.63. The second-order valence-corrected chi connectivity index (χ2v) is 8.96. The quantitative estimate of drug-likeness (QED) is 0.358. The van der Waals surface area contributed by atoms with Gasteiger partial charge in [-0.05, 0) is 47.4 Å². The lowest BCUT2D eigenvalue weighted by molar-refractivity contribution is -0.143. The molecule has 0 saturated carbocycles. The van der Waals surface area contributed by atoms with Crippen molar-refractivity contribution in [1.82, 2.24) is 4.90 Å². The first-order valence-electron chi connectivity index (χ1n) is 11.9. The molecule has 34 heavy (non-hydrogen) atoms. The van der Waals surface area contributed by atoms with Gasteiger partial charge in [0.1, 0.15) is 12.4 Å². The summed E-state index contributed by atoms with van der Waals surface area (Å²) < 4.78 is 6.36. The highest BCUT2D eigenvalue weighted by Crippen LogP contribution is 2.40. The van der Waals surface area contributed by atoms with E-state index in [-0.39, 0.29) is 12.0 Å². The zero-order chi connectivity index (χ0) is 23.3. The van der Waals surface area contributed by atoms with Gasteiger partial charge in [-0.2, -0.15) is 0 Å². The lowest BCUT2D eigenvalue weighted by Crippen LogP contribution is -2.41. The van der Waals surface area contributed by atoms with Crippen LogP contribution in [0.2, 0.25) is 0 Å². The van der Waals surface area contributed by atoms with Gasteiger partial charge in [0.05, 0.1) is 12.0 Å². The number of rotatable bonds is 7. The Bertz CT molecular complexity index is 1270. The van der Waals surface area contributed by atoms with Crippen molar-refractivity contribution in [3.8, 4) is 5.75 Å². The van der Waals surface area contributed by atoms with Crippen LogP contribution in [0, 0.1) is 5.92 Å². The molecular formula is C30H29NO3. The number of carboxylic acids is 1. The highest BCUT2D eigenvalue weighted by atomic mass is 16.5. The van der Waals surface area contributed by atoms with Crippen molar-refractivity contribution in [3.05, 3.63) is 114 Å². The smallest absolute Gasteiger partial charge is 0.307 e. The van der Waals surface area contributed by atoms with E-state index in [1.54, 1.807) is 0 Å². The number of benzene rings is 4. The summed E-state index contributed by atoms with van der Waals surface area (Å²) in [6.45, 7) is 1.86. The minimum absolute atomic E-state index is 0.0970. The molecule has 4 heteroatoms. The maximum atomic E-state index is 11.9. The van der Waals surface area contributed by atoms with Crippen LogP contribution in [-0.4, -0.2) is 29.1 Å². The van der Waals surface area contributed by atoms with E-state index >= 15 is 0 Å². The third-order valence-corrected chi connectivity index (χ3v) is 6.74. The molecule has 0 aliphatic carbocycles. The predicted molar refractivity (Wildman–Crippen MR) is 135 cm³/mol. The standard InChI is InChI=1S/C30H29NO3/c32-30(33)24-14-9-19-31(20-24)29(26-17-8-13-23-12-4-5-15-25(23)26)27-16-6-7-18-28(27)34-21-22-10-2-1-3-11-22/h1-8,10-13,15-18,24,29H,9,14,19-21H2,(H,32,33). The molecule has 1 fully saturated rings. The Morgan fingerprint density at radius 3 is 2.44 bits per heavy atom. The van der Waals surface area contributed by atoms with Crippen LogP contribution >= 0.6 is 0 Å². The fourth-order valence-corrected chi connectivity index (χ4v) is 5.07. The van der Waals surface area contributed by atoms with Crippen LogP contribution < -0.4 is 4.74 Å². The van der Waals surface area contributed by atoms with Crippen molar-refractivity contribution in [3.63, 3.8) is 0 Å². The molecule has 0 radical (unpaired) electrons. The lowest BCUT2D eigenvalue weighted by Gasteiger charge is -2.38. The zero-order valence-electron chi connectivity index (χ0n) is 19.1. The number of carbonyl (C=O) groups is 1. The molecule has 1 saturated heterocycles. The molecule has 2 unspecified atom stereocenters. The second-order valence-electron chi connectivity index (χ2n) is 8.96. The number of likely N-dealkylation sites (tertiary alicyclic amines) is 1. The molecular weight excluding hydrogens is 422 g/mol. The number of piperidine rings is 1. The van der Waals surface area contributed by atoms with Crippen LogP contribution in [0.4, 0.5) is 0 Å². The van der Waals surface area contributed by atoms with Gasteiger partial charge < -0.3 is 9.84 Å². The van der Waals surface area contributed by atoms with E-state index in [9.17, 15) is 9.90 Å². The number of aliphatic carboxylic acids is 1. The van der Waals surface area contributed by atoms with Crippen molar-refractivity contribution in [1.29, 1.82) is 0 Å². The second kappa shape index (κ2) is 10.1. The number of nitrogens with zero attached hydrogens (tertiary/aromatic N) is 1. The van der Waals surface area contributed by atoms with Gasteiger partial charge in [0.15, 0.2) is 0 Å². The Labute approximate surface area is 200 Å². The molecule has 4 nitrogen and oxygen atoms in total. The van der Waals surface area contributed by atoms with Crippen LogP contribution in [0.5, 0.6) is 5.75 Å². The van der Waals surface area contributed by atoms with E-state index < -0.39 is 5.97 Å². The first-order valence-corrected chi connectivity index (χ1v) is 11.9. The molecule has 2 atom stereocenters. The SMILES string of the molecule is O=C(O)C1CCCN(C(c2ccccc2OCc2ccccc2)c2cccc3ccccc23)C1. The molecule has 172 valence electrons. The van der Waals surface area contributed by atoms with Crippen molar-refractivity contribution in [2.24, 2.45) is 5.92 Å². The van der Waals surface area contributed by atoms with Crippen LogP contribution in [0.1, 0.15) is 35.6 Å². The summed E-state index contributed by atoms with van der Waals surface area (Å²) in [6, 6.07) is 33.1. The van der Waals surface area contributed by atoms with E-state index in [0.29, 0.717) is 13.2 Å². The van der Waals surface area contributed by atoms with Crippen molar-refractivity contribution in [2.75, 3.05) is 13.1 Å². The minimum Gasteiger partial charge on any atom is -0.489 e. The van der Waals surface area contributed by atoms with E-state index in [0.717, 1.165) is 36.3 Å². The Kier molecular flexibility index (Phi) is 6.59. The van der Waals surface area contributed by atoms with Crippen LogP contribution in [0.25, 0.3) is 10.8 Å². The maximum Gasteiger partial charge on any atom is 0.307 e. The summed E-state index contributed by atoms with van der Waals surface area (Å²) >= 11 is 0. The third kappa shape index (κ3) is 4.68. The molecule has 1 N–H and O–H groups in total. The maximum absolute atomic E-state index is 11.9. The number of carboxylic acid groups (broad SMARTS) is 1. The highest BCUT2D eigenvalue weighted by molar-refractivity contribution is 5.86. The van der Waals surface area contributed by atoms with Crippen LogP contribution in [-0.2, 0) is 11.4 Å². The summed E-state index contributed by atoms with van der Waals surface area (Å²) in [7, 11) is 0. The van der Waals surface area contributed by atoms with Gasteiger partial charge >= 0.3 is 5.97 Å². The van der Waals surface area contributed by atoms with Gasteiger partial charge in [0, 0.05) is 12.1 Å². The van der Waals surface area contributed by atoms with Crippen molar-refractivity contribution >= 4 is 16.7 Å². The van der Waals surface area contributed by atoms with Gasteiger partial charge in [0.2, 0.25) is 0 Å². The van der Waals surface area contributed by atoms with Crippen molar-refractivity contribution in [2.45, 2.75) is 25.5 Å². The van der Waals surface area contributed by atoms with E-state index in [1.807, 2.05) is 36.4 Å².